The van der Waals surface area contributed by atoms with Crippen LogP contribution in [-0.2, 0) is 13.1 Å². The highest BCUT2D eigenvalue weighted by molar-refractivity contribution is 6.21. The molecule has 1 aliphatic rings. The maximum absolute atomic E-state index is 12.7. The SMILES string of the molecule is CNCc1cccc2cccc(CN3C(=O)c4ccccc4C3=O)c12. The summed E-state index contributed by atoms with van der Waals surface area (Å²) in [4.78, 5) is 26.6. The van der Waals surface area contributed by atoms with E-state index in [4.69, 9.17) is 0 Å². The summed E-state index contributed by atoms with van der Waals surface area (Å²) in [6.45, 7) is 1.01. The normalized spacial score (nSPS) is 13.6. The highest BCUT2D eigenvalue weighted by atomic mass is 16.2. The van der Waals surface area contributed by atoms with Gasteiger partial charge in [0.15, 0.2) is 0 Å². The standard InChI is InChI=1S/C21H18N2O2/c1-22-12-15-8-4-6-14-7-5-9-16(19(14)15)13-23-20(24)17-10-2-3-11-18(17)21(23)25/h2-11,22H,12-13H2,1H3. The van der Waals surface area contributed by atoms with E-state index in [1.54, 1.807) is 24.3 Å². The molecule has 0 bridgehead atoms. The molecule has 4 heteroatoms. The predicted octanol–water partition coefficient (Wildman–Crippen LogP) is 3.36. The molecule has 3 aromatic carbocycles. The van der Waals surface area contributed by atoms with Gasteiger partial charge in [0.1, 0.15) is 0 Å². The van der Waals surface area contributed by atoms with Gasteiger partial charge in [0.25, 0.3) is 11.8 Å². The molecule has 1 N–H and O–H groups in total. The van der Waals surface area contributed by atoms with E-state index in [-0.39, 0.29) is 18.4 Å². The van der Waals surface area contributed by atoms with Crippen molar-refractivity contribution in [3.05, 3.63) is 82.9 Å². The third-order valence-corrected chi connectivity index (χ3v) is 4.65. The van der Waals surface area contributed by atoms with E-state index in [2.05, 4.69) is 23.5 Å². The van der Waals surface area contributed by atoms with E-state index in [9.17, 15) is 9.59 Å². The molecule has 0 atom stereocenters. The molecule has 25 heavy (non-hydrogen) atoms. The maximum atomic E-state index is 12.7. The second kappa shape index (κ2) is 6.15. The summed E-state index contributed by atoms with van der Waals surface area (Å²) in [7, 11) is 1.91. The van der Waals surface area contributed by atoms with Crippen molar-refractivity contribution in [2.45, 2.75) is 13.1 Å². The van der Waals surface area contributed by atoms with Crippen LogP contribution < -0.4 is 5.32 Å². The second-order valence-electron chi connectivity index (χ2n) is 6.20. The van der Waals surface area contributed by atoms with Crippen LogP contribution in [0, 0.1) is 0 Å². The van der Waals surface area contributed by atoms with Crippen LogP contribution in [0.15, 0.2) is 60.7 Å². The van der Waals surface area contributed by atoms with Crippen LogP contribution in [0.3, 0.4) is 0 Å². The summed E-state index contributed by atoms with van der Waals surface area (Å²) in [6, 6.07) is 19.2. The van der Waals surface area contributed by atoms with E-state index in [0.29, 0.717) is 11.1 Å². The van der Waals surface area contributed by atoms with E-state index >= 15 is 0 Å². The summed E-state index contributed by atoms with van der Waals surface area (Å²) in [5, 5.41) is 5.40. The van der Waals surface area contributed by atoms with E-state index in [1.807, 2.05) is 25.2 Å². The quantitative estimate of drug-likeness (QED) is 0.746. The number of nitrogens with one attached hydrogen (secondary N) is 1. The molecule has 3 aromatic rings. The van der Waals surface area contributed by atoms with Gasteiger partial charge in [-0.15, -0.1) is 0 Å². The predicted molar refractivity (Wildman–Crippen MR) is 97.4 cm³/mol. The van der Waals surface area contributed by atoms with Gasteiger partial charge in [-0.05, 0) is 41.1 Å². The Morgan fingerprint density at radius 3 is 2.00 bits per heavy atom. The van der Waals surface area contributed by atoms with Crippen molar-refractivity contribution in [1.29, 1.82) is 0 Å². The Hall–Kier alpha value is -2.98. The molecule has 0 aromatic heterocycles. The van der Waals surface area contributed by atoms with Crippen LogP contribution in [-0.4, -0.2) is 23.8 Å². The Bertz CT molecular complexity index is 954. The molecule has 2 amide bonds. The van der Waals surface area contributed by atoms with Gasteiger partial charge in [-0.3, -0.25) is 14.5 Å². The molecule has 0 unspecified atom stereocenters. The van der Waals surface area contributed by atoms with Crippen LogP contribution in [0.5, 0.6) is 0 Å². The molecule has 1 aliphatic heterocycles. The average molecular weight is 330 g/mol. The van der Waals surface area contributed by atoms with Crippen molar-refractivity contribution in [2.75, 3.05) is 7.05 Å². The number of imide groups is 1. The van der Waals surface area contributed by atoms with Gasteiger partial charge in [-0.1, -0.05) is 48.5 Å². The van der Waals surface area contributed by atoms with E-state index in [0.717, 1.165) is 28.4 Å². The molecule has 0 aliphatic carbocycles. The number of amides is 2. The number of rotatable bonds is 4. The summed E-state index contributed by atoms with van der Waals surface area (Å²) in [6.07, 6.45) is 0. The zero-order valence-electron chi connectivity index (χ0n) is 14.0. The summed E-state index contributed by atoms with van der Waals surface area (Å²) in [5.41, 5.74) is 3.12. The third-order valence-electron chi connectivity index (χ3n) is 4.65. The Morgan fingerprint density at radius 1 is 0.800 bits per heavy atom. The van der Waals surface area contributed by atoms with Gasteiger partial charge >= 0.3 is 0 Å². The van der Waals surface area contributed by atoms with Gasteiger partial charge in [-0.2, -0.15) is 0 Å². The first-order valence-corrected chi connectivity index (χ1v) is 8.30. The minimum atomic E-state index is -0.219. The number of nitrogens with zero attached hydrogens (tertiary/aromatic N) is 1. The molecule has 4 rings (SSSR count). The minimum absolute atomic E-state index is 0.219. The van der Waals surface area contributed by atoms with Crippen LogP contribution in [0.2, 0.25) is 0 Å². The van der Waals surface area contributed by atoms with Crippen LogP contribution in [0.1, 0.15) is 31.8 Å². The van der Waals surface area contributed by atoms with Crippen molar-refractivity contribution in [1.82, 2.24) is 10.2 Å². The topological polar surface area (TPSA) is 49.4 Å². The Labute approximate surface area is 146 Å². The number of hydrogen-bond donors (Lipinski definition) is 1. The molecule has 0 spiro atoms. The van der Waals surface area contributed by atoms with Crippen molar-refractivity contribution in [2.24, 2.45) is 0 Å². The molecule has 1 heterocycles. The Balaban J connectivity index is 1.77. The molecule has 4 nitrogen and oxygen atoms in total. The maximum Gasteiger partial charge on any atom is 0.261 e. The van der Waals surface area contributed by atoms with E-state index in [1.165, 1.54) is 4.90 Å². The number of hydrogen-bond acceptors (Lipinski definition) is 3. The summed E-state index contributed by atoms with van der Waals surface area (Å²) >= 11 is 0. The largest absolute Gasteiger partial charge is 0.316 e. The fourth-order valence-electron chi connectivity index (χ4n) is 3.52. The zero-order valence-corrected chi connectivity index (χ0v) is 14.0. The first-order valence-electron chi connectivity index (χ1n) is 8.30. The lowest BCUT2D eigenvalue weighted by atomic mass is 9.98. The lowest BCUT2D eigenvalue weighted by Gasteiger charge is -2.17. The van der Waals surface area contributed by atoms with Crippen LogP contribution in [0.25, 0.3) is 10.8 Å². The summed E-state index contributed by atoms with van der Waals surface area (Å²) in [5.74, 6) is -0.438. The number of carbonyl (C=O) groups is 2. The highest BCUT2D eigenvalue weighted by Gasteiger charge is 2.35. The fourth-order valence-corrected chi connectivity index (χ4v) is 3.52. The lowest BCUT2D eigenvalue weighted by Crippen LogP contribution is -2.29. The minimum Gasteiger partial charge on any atom is -0.316 e. The first-order chi connectivity index (χ1) is 12.2. The highest BCUT2D eigenvalue weighted by Crippen LogP contribution is 2.28. The molecule has 0 radical (unpaired) electrons. The monoisotopic (exact) mass is 330 g/mol. The molecule has 0 saturated heterocycles. The van der Waals surface area contributed by atoms with E-state index < -0.39 is 0 Å². The molecular weight excluding hydrogens is 312 g/mol. The Morgan fingerprint density at radius 2 is 1.40 bits per heavy atom. The number of fused-ring (bicyclic) bond motifs is 2. The molecule has 0 fully saturated rings. The Kier molecular flexibility index (Phi) is 3.82. The third kappa shape index (κ3) is 2.51. The average Bonchev–Trinajstić information content (AvgIpc) is 2.88. The number of carbonyl (C=O) groups excluding carboxylic acids is 2. The van der Waals surface area contributed by atoms with Gasteiger partial charge < -0.3 is 5.32 Å². The van der Waals surface area contributed by atoms with Gasteiger partial charge in [-0.25, -0.2) is 0 Å². The lowest BCUT2D eigenvalue weighted by molar-refractivity contribution is 0.0643. The van der Waals surface area contributed by atoms with Crippen LogP contribution in [0.4, 0.5) is 0 Å². The van der Waals surface area contributed by atoms with Crippen molar-refractivity contribution >= 4 is 22.6 Å². The van der Waals surface area contributed by atoms with Gasteiger partial charge in [0, 0.05) is 6.54 Å². The van der Waals surface area contributed by atoms with Crippen molar-refractivity contribution in [3.8, 4) is 0 Å². The first kappa shape index (κ1) is 15.5. The zero-order chi connectivity index (χ0) is 17.4. The van der Waals surface area contributed by atoms with Gasteiger partial charge in [0.05, 0.1) is 17.7 Å². The fraction of sp³-hybridized carbons (Fsp3) is 0.143. The second-order valence-corrected chi connectivity index (χ2v) is 6.20. The smallest absolute Gasteiger partial charge is 0.261 e. The molecule has 0 saturated carbocycles. The van der Waals surface area contributed by atoms with Crippen molar-refractivity contribution in [3.63, 3.8) is 0 Å². The van der Waals surface area contributed by atoms with Crippen molar-refractivity contribution < 1.29 is 9.59 Å². The molecule has 124 valence electrons. The van der Waals surface area contributed by atoms with Gasteiger partial charge in [0.2, 0.25) is 0 Å². The van der Waals surface area contributed by atoms with Crippen LogP contribution >= 0.6 is 0 Å². The molecular formula is C21H18N2O2. The number of benzene rings is 3. The summed E-state index contributed by atoms with van der Waals surface area (Å²) < 4.78 is 0.